The summed E-state index contributed by atoms with van der Waals surface area (Å²) in [4.78, 5) is 24.8. The lowest BCUT2D eigenvalue weighted by Gasteiger charge is -2.22. The maximum atomic E-state index is 12.4. The van der Waals surface area contributed by atoms with Gasteiger partial charge in [-0.2, -0.15) is 0 Å². The van der Waals surface area contributed by atoms with Gasteiger partial charge in [0.15, 0.2) is 0 Å². The summed E-state index contributed by atoms with van der Waals surface area (Å²) < 4.78 is 30.5. The fourth-order valence-corrected chi connectivity index (χ4v) is 3.95. The van der Waals surface area contributed by atoms with Crippen LogP contribution in [0.1, 0.15) is 29.6 Å². The van der Waals surface area contributed by atoms with Crippen LogP contribution in [0, 0.1) is 0 Å². The molecule has 2 amide bonds. The van der Waals surface area contributed by atoms with Crippen LogP contribution in [0.4, 0.5) is 11.4 Å². The third-order valence-electron chi connectivity index (χ3n) is 4.47. The summed E-state index contributed by atoms with van der Waals surface area (Å²) in [5, 5.41) is 5.55. The van der Waals surface area contributed by atoms with Crippen molar-refractivity contribution in [1.82, 2.24) is 5.32 Å². The van der Waals surface area contributed by atoms with Crippen LogP contribution in [0.25, 0.3) is 0 Å². The van der Waals surface area contributed by atoms with Gasteiger partial charge in [-0.15, -0.1) is 0 Å². The van der Waals surface area contributed by atoms with Crippen molar-refractivity contribution in [3.63, 3.8) is 0 Å². The molecule has 0 aliphatic carbocycles. The first-order valence-electron chi connectivity index (χ1n) is 10.0. The normalized spacial score (nSPS) is 11.0. The number of amides is 2. The standard InChI is InChI=1S/C22H29N3O5S/c1-30-17-9-15-23-22(27)19-12-6-7-13-20(19)24-21(26)14-8-16-25(31(2,28)29)18-10-4-3-5-11-18/h3-7,10-13H,8-9,14-17H2,1-2H3,(H,23,27)(H,24,26). The second kappa shape index (κ2) is 12.1. The number of carbonyl (C=O) groups excluding carboxylic acids is 2. The van der Waals surface area contributed by atoms with Gasteiger partial charge in [0.1, 0.15) is 0 Å². The first kappa shape index (κ1) is 24.4. The van der Waals surface area contributed by atoms with Gasteiger partial charge >= 0.3 is 0 Å². The molecule has 0 aromatic heterocycles. The Labute approximate surface area is 183 Å². The average Bonchev–Trinajstić information content (AvgIpc) is 2.74. The number of anilines is 2. The SMILES string of the molecule is COCCCNC(=O)c1ccccc1NC(=O)CCCN(c1ccccc1)S(C)(=O)=O. The Hall–Kier alpha value is -2.91. The highest BCUT2D eigenvalue weighted by atomic mass is 32.2. The zero-order valence-corrected chi connectivity index (χ0v) is 18.7. The van der Waals surface area contributed by atoms with E-state index in [4.69, 9.17) is 4.74 Å². The lowest BCUT2D eigenvalue weighted by Crippen LogP contribution is -2.31. The van der Waals surface area contributed by atoms with E-state index in [-0.39, 0.29) is 24.8 Å². The highest BCUT2D eigenvalue weighted by molar-refractivity contribution is 7.92. The molecule has 0 unspecified atom stereocenters. The minimum atomic E-state index is -3.47. The van der Waals surface area contributed by atoms with Crippen LogP contribution in [0.2, 0.25) is 0 Å². The minimum absolute atomic E-state index is 0.114. The van der Waals surface area contributed by atoms with E-state index in [1.165, 1.54) is 4.31 Å². The molecule has 2 rings (SSSR count). The van der Waals surface area contributed by atoms with Crippen LogP contribution in [-0.4, -0.2) is 53.3 Å². The molecular weight excluding hydrogens is 418 g/mol. The first-order valence-corrected chi connectivity index (χ1v) is 11.9. The molecule has 0 radical (unpaired) electrons. The largest absolute Gasteiger partial charge is 0.385 e. The van der Waals surface area contributed by atoms with Crippen LogP contribution >= 0.6 is 0 Å². The zero-order chi connectivity index (χ0) is 22.7. The van der Waals surface area contributed by atoms with E-state index in [1.807, 2.05) is 6.07 Å². The Morgan fingerprint density at radius 2 is 1.68 bits per heavy atom. The Morgan fingerprint density at radius 3 is 2.35 bits per heavy atom. The van der Waals surface area contributed by atoms with Gasteiger partial charge in [-0.05, 0) is 37.1 Å². The summed E-state index contributed by atoms with van der Waals surface area (Å²) >= 11 is 0. The van der Waals surface area contributed by atoms with E-state index in [0.29, 0.717) is 42.9 Å². The lowest BCUT2D eigenvalue weighted by molar-refractivity contribution is -0.116. The molecule has 9 heteroatoms. The van der Waals surface area contributed by atoms with Gasteiger partial charge in [-0.3, -0.25) is 13.9 Å². The van der Waals surface area contributed by atoms with Crippen molar-refractivity contribution in [2.75, 3.05) is 42.7 Å². The number of para-hydroxylation sites is 2. The molecule has 0 heterocycles. The van der Waals surface area contributed by atoms with E-state index >= 15 is 0 Å². The monoisotopic (exact) mass is 447 g/mol. The molecule has 31 heavy (non-hydrogen) atoms. The van der Waals surface area contributed by atoms with Crippen molar-refractivity contribution >= 4 is 33.2 Å². The maximum Gasteiger partial charge on any atom is 0.253 e. The van der Waals surface area contributed by atoms with E-state index in [1.54, 1.807) is 55.6 Å². The number of benzene rings is 2. The summed E-state index contributed by atoms with van der Waals surface area (Å²) in [5.41, 5.74) is 1.34. The van der Waals surface area contributed by atoms with E-state index in [2.05, 4.69) is 10.6 Å². The number of methoxy groups -OCH3 is 1. The molecule has 168 valence electrons. The number of ether oxygens (including phenoxy) is 1. The van der Waals surface area contributed by atoms with E-state index in [0.717, 1.165) is 6.26 Å². The van der Waals surface area contributed by atoms with Gasteiger partial charge < -0.3 is 15.4 Å². The van der Waals surface area contributed by atoms with Crippen LogP contribution < -0.4 is 14.9 Å². The maximum absolute atomic E-state index is 12.4. The Balaban J connectivity index is 1.93. The fraction of sp³-hybridized carbons (Fsp3) is 0.364. The third-order valence-corrected chi connectivity index (χ3v) is 5.66. The van der Waals surface area contributed by atoms with E-state index in [9.17, 15) is 18.0 Å². The predicted molar refractivity (Wildman–Crippen MR) is 122 cm³/mol. The number of hydrogen-bond donors (Lipinski definition) is 2. The lowest BCUT2D eigenvalue weighted by atomic mass is 10.1. The van der Waals surface area contributed by atoms with Gasteiger partial charge in [-0.1, -0.05) is 30.3 Å². The molecule has 0 bridgehead atoms. The van der Waals surface area contributed by atoms with Crippen LogP contribution in [0.5, 0.6) is 0 Å². The molecule has 8 nitrogen and oxygen atoms in total. The molecule has 0 atom stereocenters. The molecule has 0 aliphatic rings. The number of sulfonamides is 1. The smallest absolute Gasteiger partial charge is 0.253 e. The highest BCUT2D eigenvalue weighted by Crippen LogP contribution is 2.18. The van der Waals surface area contributed by atoms with Crippen LogP contribution in [0.3, 0.4) is 0 Å². The van der Waals surface area contributed by atoms with Crippen molar-refractivity contribution in [2.24, 2.45) is 0 Å². The van der Waals surface area contributed by atoms with Crippen molar-refractivity contribution in [1.29, 1.82) is 0 Å². The second-order valence-corrected chi connectivity index (χ2v) is 8.88. The molecule has 0 aliphatic heterocycles. The quantitative estimate of drug-likeness (QED) is 0.487. The predicted octanol–water partition coefficient (Wildman–Crippen LogP) is 2.64. The molecule has 0 spiro atoms. The average molecular weight is 448 g/mol. The van der Waals surface area contributed by atoms with Gasteiger partial charge in [-0.25, -0.2) is 8.42 Å². The van der Waals surface area contributed by atoms with Gasteiger partial charge in [0.05, 0.1) is 23.2 Å². The molecule has 2 aromatic carbocycles. The molecule has 2 aromatic rings. The van der Waals surface area contributed by atoms with Gasteiger partial charge in [0.25, 0.3) is 5.91 Å². The summed E-state index contributed by atoms with van der Waals surface area (Å²) in [6.07, 6.45) is 2.28. The zero-order valence-electron chi connectivity index (χ0n) is 17.8. The summed E-state index contributed by atoms with van der Waals surface area (Å²) in [7, 11) is -1.87. The number of nitrogens with one attached hydrogen (secondary N) is 2. The van der Waals surface area contributed by atoms with Gasteiger partial charge in [0.2, 0.25) is 15.9 Å². The molecular formula is C22H29N3O5S. The molecule has 0 saturated heterocycles. The second-order valence-electron chi connectivity index (χ2n) is 6.97. The van der Waals surface area contributed by atoms with Crippen molar-refractivity contribution in [3.8, 4) is 0 Å². The first-order chi connectivity index (χ1) is 14.8. The topological polar surface area (TPSA) is 105 Å². The fourth-order valence-electron chi connectivity index (χ4n) is 2.98. The van der Waals surface area contributed by atoms with Crippen LogP contribution in [0.15, 0.2) is 54.6 Å². The van der Waals surface area contributed by atoms with Crippen LogP contribution in [-0.2, 0) is 19.6 Å². The van der Waals surface area contributed by atoms with E-state index < -0.39 is 10.0 Å². The molecule has 2 N–H and O–H groups in total. The molecule has 0 saturated carbocycles. The molecule has 0 fully saturated rings. The third kappa shape index (κ3) is 8.03. The number of hydrogen-bond acceptors (Lipinski definition) is 5. The van der Waals surface area contributed by atoms with Crippen molar-refractivity contribution < 1.29 is 22.7 Å². The Kier molecular flexibility index (Phi) is 9.48. The highest BCUT2D eigenvalue weighted by Gasteiger charge is 2.18. The summed E-state index contributed by atoms with van der Waals surface area (Å²) in [6.45, 7) is 1.19. The number of carbonyl (C=O) groups is 2. The number of rotatable bonds is 12. The number of nitrogens with zero attached hydrogens (tertiary/aromatic N) is 1. The summed E-state index contributed by atoms with van der Waals surface area (Å²) in [5.74, 6) is -0.569. The van der Waals surface area contributed by atoms with Gasteiger partial charge in [0, 0.05) is 33.2 Å². The summed E-state index contributed by atoms with van der Waals surface area (Å²) in [6, 6.07) is 15.5. The van der Waals surface area contributed by atoms with Crippen molar-refractivity contribution in [3.05, 3.63) is 60.2 Å². The Morgan fingerprint density at radius 1 is 1.00 bits per heavy atom. The Bertz CT molecular complexity index is 964. The van der Waals surface area contributed by atoms with Crippen molar-refractivity contribution in [2.45, 2.75) is 19.3 Å². The minimum Gasteiger partial charge on any atom is -0.385 e.